The summed E-state index contributed by atoms with van der Waals surface area (Å²) in [6, 6.07) is 5.24. The normalized spacial score (nSPS) is 12.9. The molecule has 2 N–H and O–H groups in total. The third-order valence-corrected chi connectivity index (χ3v) is 2.88. The van der Waals surface area contributed by atoms with Crippen molar-refractivity contribution in [3.63, 3.8) is 0 Å². The minimum absolute atomic E-state index is 0.209. The van der Waals surface area contributed by atoms with E-state index in [1.54, 1.807) is 6.07 Å². The summed E-state index contributed by atoms with van der Waals surface area (Å²) in [6.45, 7) is 9.10. The maximum Gasteiger partial charge on any atom is 0.130 e. The molecule has 0 amide bonds. The Labute approximate surface area is 104 Å². The predicted octanol–water partition coefficient (Wildman–Crippen LogP) is 3.47. The van der Waals surface area contributed by atoms with Crippen LogP contribution in [-0.4, -0.2) is 12.6 Å². The van der Waals surface area contributed by atoms with Gasteiger partial charge in [-0.15, -0.1) is 0 Å². The number of rotatable bonds is 5. The van der Waals surface area contributed by atoms with Gasteiger partial charge in [0.05, 0.1) is 0 Å². The van der Waals surface area contributed by atoms with Crippen molar-refractivity contribution in [2.75, 3.05) is 11.4 Å². The molecule has 0 saturated heterocycles. The van der Waals surface area contributed by atoms with Gasteiger partial charge in [-0.2, -0.15) is 0 Å². The van der Waals surface area contributed by atoms with Crippen molar-refractivity contribution >= 4 is 5.69 Å². The standard InChI is InChI=1S/C14H23FN2/c1-5-9-17(10(2)3)13-8-6-7-12(15)14(13)11(4)16/h6-8,10-11H,5,9,16H2,1-4H3/t11-/m0/s1. The average Bonchev–Trinajstić information content (AvgIpc) is 2.24. The molecule has 0 aliphatic carbocycles. The minimum atomic E-state index is -0.288. The number of benzene rings is 1. The molecular weight excluding hydrogens is 215 g/mol. The fourth-order valence-electron chi connectivity index (χ4n) is 2.12. The van der Waals surface area contributed by atoms with Gasteiger partial charge in [0.15, 0.2) is 0 Å². The van der Waals surface area contributed by atoms with Crippen LogP contribution in [-0.2, 0) is 0 Å². The molecule has 0 unspecified atom stereocenters. The van der Waals surface area contributed by atoms with Crippen molar-refractivity contribution in [2.24, 2.45) is 5.73 Å². The molecule has 0 radical (unpaired) electrons. The SMILES string of the molecule is CCCN(c1cccc(F)c1[C@H](C)N)C(C)C. The zero-order valence-electron chi connectivity index (χ0n) is 11.2. The summed E-state index contributed by atoms with van der Waals surface area (Å²) in [7, 11) is 0. The molecule has 0 saturated carbocycles. The molecule has 0 aliphatic heterocycles. The minimum Gasteiger partial charge on any atom is -0.369 e. The fraction of sp³-hybridized carbons (Fsp3) is 0.571. The lowest BCUT2D eigenvalue weighted by molar-refractivity contribution is 0.585. The topological polar surface area (TPSA) is 29.3 Å². The molecular formula is C14H23FN2. The summed E-state index contributed by atoms with van der Waals surface area (Å²) in [5, 5.41) is 0. The zero-order chi connectivity index (χ0) is 13.0. The van der Waals surface area contributed by atoms with Gasteiger partial charge in [-0.3, -0.25) is 0 Å². The Morgan fingerprint density at radius 2 is 1.94 bits per heavy atom. The zero-order valence-corrected chi connectivity index (χ0v) is 11.2. The molecule has 2 nitrogen and oxygen atoms in total. The van der Waals surface area contributed by atoms with Crippen LogP contribution in [0, 0.1) is 5.82 Å². The average molecular weight is 238 g/mol. The molecule has 0 spiro atoms. The van der Waals surface area contributed by atoms with Gasteiger partial charge in [0.25, 0.3) is 0 Å². The summed E-state index contributed by atoms with van der Waals surface area (Å²) >= 11 is 0. The van der Waals surface area contributed by atoms with Crippen LogP contribution < -0.4 is 10.6 Å². The third kappa shape index (κ3) is 3.19. The van der Waals surface area contributed by atoms with Crippen molar-refractivity contribution < 1.29 is 4.39 Å². The van der Waals surface area contributed by atoms with E-state index in [-0.39, 0.29) is 11.9 Å². The number of hydrogen-bond donors (Lipinski definition) is 1. The number of nitrogens with two attached hydrogens (primary N) is 1. The van der Waals surface area contributed by atoms with Crippen LogP contribution in [0.4, 0.5) is 10.1 Å². The number of halogens is 1. The van der Waals surface area contributed by atoms with Crippen molar-refractivity contribution in [3.8, 4) is 0 Å². The van der Waals surface area contributed by atoms with Crippen LogP contribution in [0.2, 0.25) is 0 Å². The second kappa shape index (κ2) is 6.01. The van der Waals surface area contributed by atoms with Crippen molar-refractivity contribution in [1.29, 1.82) is 0 Å². The van der Waals surface area contributed by atoms with Gasteiger partial charge in [-0.1, -0.05) is 13.0 Å². The highest BCUT2D eigenvalue weighted by molar-refractivity contribution is 5.56. The molecule has 1 aromatic rings. The predicted molar refractivity (Wildman–Crippen MR) is 71.8 cm³/mol. The molecule has 1 rings (SSSR count). The summed E-state index contributed by atoms with van der Waals surface area (Å²) in [4.78, 5) is 2.21. The molecule has 0 heterocycles. The van der Waals surface area contributed by atoms with E-state index in [1.807, 2.05) is 13.0 Å². The summed E-state index contributed by atoms with van der Waals surface area (Å²) in [6.07, 6.45) is 1.03. The first-order valence-electron chi connectivity index (χ1n) is 6.29. The second-order valence-electron chi connectivity index (χ2n) is 4.75. The van der Waals surface area contributed by atoms with E-state index in [9.17, 15) is 4.39 Å². The Kier molecular flexibility index (Phi) is 4.94. The van der Waals surface area contributed by atoms with Crippen LogP contribution in [0.5, 0.6) is 0 Å². The Balaban J connectivity index is 3.22. The van der Waals surface area contributed by atoms with Gasteiger partial charge in [-0.05, 0) is 39.3 Å². The number of nitrogens with zero attached hydrogens (tertiary/aromatic N) is 1. The van der Waals surface area contributed by atoms with Gasteiger partial charge in [0, 0.05) is 29.9 Å². The molecule has 3 heteroatoms. The quantitative estimate of drug-likeness (QED) is 0.851. The van der Waals surface area contributed by atoms with Gasteiger partial charge in [-0.25, -0.2) is 4.39 Å². The fourth-order valence-corrected chi connectivity index (χ4v) is 2.12. The Bertz CT molecular complexity index is 361. The van der Waals surface area contributed by atoms with Crippen LogP contribution in [0.15, 0.2) is 18.2 Å². The Morgan fingerprint density at radius 1 is 1.29 bits per heavy atom. The molecule has 0 fully saturated rings. The highest BCUT2D eigenvalue weighted by Gasteiger charge is 2.18. The van der Waals surface area contributed by atoms with E-state index < -0.39 is 0 Å². The molecule has 96 valence electrons. The first kappa shape index (κ1) is 14.0. The summed E-state index contributed by atoms with van der Waals surface area (Å²) in [5.74, 6) is -0.209. The molecule has 0 aromatic heterocycles. The van der Waals surface area contributed by atoms with Gasteiger partial charge in [0.2, 0.25) is 0 Å². The lowest BCUT2D eigenvalue weighted by atomic mass is 10.0. The molecule has 0 aliphatic rings. The van der Waals surface area contributed by atoms with E-state index >= 15 is 0 Å². The van der Waals surface area contributed by atoms with E-state index in [2.05, 4.69) is 25.7 Å². The molecule has 17 heavy (non-hydrogen) atoms. The van der Waals surface area contributed by atoms with E-state index in [0.29, 0.717) is 11.6 Å². The van der Waals surface area contributed by atoms with Crippen molar-refractivity contribution in [2.45, 2.75) is 46.2 Å². The van der Waals surface area contributed by atoms with E-state index in [0.717, 1.165) is 18.7 Å². The monoisotopic (exact) mass is 238 g/mol. The molecule has 1 aromatic carbocycles. The number of anilines is 1. The van der Waals surface area contributed by atoms with E-state index in [1.165, 1.54) is 6.07 Å². The van der Waals surface area contributed by atoms with Crippen LogP contribution in [0.25, 0.3) is 0 Å². The smallest absolute Gasteiger partial charge is 0.130 e. The third-order valence-electron chi connectivity index (χ3n) is 2.88. The van der Waals surface area contributed by atoms with Crippen LogP contribution in [0.3, 0.4) is 0 Å². The largest absolute Gasteiger partial charge is 0.369 e. The Hall–Kier alpha value is -1.09. The summed E-state index contributed by atoms with van der Waals surface area (Å²) in [5.41, 5.74) is 7.43. The highest BCUT2D eigenvalue weighted by Crippen LogP contribution is 2.29. The van der Waals surface area contributed by atoms with Crippen molar-refractivity contribution in [1.82, 2.24) is 0 Å². The van der Waals surface area contributed by atoms with Gasteiger partial charge < -0.3 is 10.6 Å². The summed E-state index contributed by atoms with van der Waals surface area (Å²) < 4.78 is 13.9. The van der Waals surface area contributed by atoms with Gasteiger partial charge >= 0.3 is 0 Å². The Morgan fingerprint density at radius 3 is 2.41 bits per heavy atom. The molecule has 1 atom stereocenters. The van der Waals surface area contributed by atoms with Crippen molar-refractivity contribution in [3.05, 3.63) is 29.6 Å². The van der Waals surface area contributed by atoms with E-state index in [4.69, 9.17) is 5.73 Å². The maximum absolute atomic E-state index is 13.9. The first-order chi connectivity index (χ1) is 7.99. The van der Waals surface area contributed by atoms with Crippen LogP contribution in [0.1, 0.15) is 45.7 Å². The van der Waals surface area contributed by atoms with Gasteiger partial charge in [0.1, 0.15) is 5.82 Å². The highest BCUT2D eigenvalue weighted by atomic mass is 19.1. The first-order valence-corrected chi connectivity index (χ1v) is 6.29. The number of hydrogen-bond acceptors (Lipinski definition) is 2. The lowest BCUT2D eigenvalue weighted by Crippen LogP contribution is -2.33. The lowest BCUT2D eigenvalue weighted by Gasteiger charge is -2.31. The molecule has 0 bridgehead atoms. The second-order valence-corrected chi connectivity index (χ2v) is 4.75. The van der Waals surface area contributed by atoms with Crippen LogP contribution >= 0.6 is 0 Å². The maximum atomic E-state index is 13.9.